The van der Waals surface area contributed by atoms with E-state index in [1.165, 1.54) is 0 Å². The summed E-state index contributed by atoms with van der Waals surface area (Å²) in [5, 5.41) is 16.7. The van der Waals surface area contributed by atoms with Gasteiger partial charge in [-0.15, -0.1) is 0 Å². The molecule has 0 saturated carbocycles. The van der Waals surface area contributed by atoms with Gasteiger partial charge in [0.15, 0.2) is 0 Å². The number of carbonyl (C=O) groups is 2. The molecular weight excluding hydrogens is 260 g/mol. The van der Waals surface area contributed by atoms with Gasteiger partial charge in [0.2, 0.25) is 0 Å². The minimum Gasteiger partial charge on any atom is -0.481 e. The van der Waals surface area contributed by atoms with Crippen LogP contribution in [0.5, 0.6) is 0 Å². The second-order valence-corrected chi connectivity index (χ2v) is 4.18. The molecule has 0 fully saturated rings. The van der Waals surface area contributed by atoms with Gasteiger partial charge in [0.25, 0.3) is 0 Å². The Labute approximate surface area is 117 Å². The average molecular weight is 280 g/mol. The maximum absolute atomic E-state index is 11.2. The number of hydrogen-bond donors (Lipinski definition) is 4. The Hall–Kier alpha value is -2.31. The van der Waals surface area contributed by atoms with Crippen molar-refractivity contribution in [1.82, 2.24) is 15.6 Å². The standard InChI is InChI=1S/C13H20N4O3/c18-12(19)6-10-17-13(20)16-9-4-3-8-15-11-5-1-2-7-14-11/h1-2,5,7H,3-4,6,8-10H2,(H,14,15)(H,18,19)(H2,16,17,20). The number of anilines is 1. The van der Waals surface area contributed by atoms with Gasteiger partial charge >= 0.3 is 12.0 Å². The number of amides is 2. The fourth-order valence-electron chi connectivity index (χ4n) is 1.48. The number of aliphatic carboxylic acids is 1. The molecule has 0 bridgehead atoms. The Kier molecular flexibility index (Phi) is 7.56. The van der Waals surface area contributed by atoms with Gasteiger partial charge in [-0.1, -0.05) is 6.07 Å². The molecular formula is C13H20N4O3. The van der Waals surface area contributed by atoms with Crippen molar-refractivity contribution in [2.75, 3.05) is 25.0 Å². The molecule has 1 heterocycles. The van der Waals surface area contributed by atoms with E-state index < -0.39 is 5.97 Å². The van der Waals surface area contributed by atoms with Crippen molar-refractivity contribution in [2.45, 2.75) is 19.3 Å². The number of carboxylic acids is 1. The first kappa shape index (κ1) is 15.7. The van der Waals surface area contributed by atoms with Gasteiger partial charge in [-0.3, -0.25) is 4.79 Å². The number of rotatable bonds is 9. The Morgan fingerprint density at radius 3 is 2.55 bits per heavy atom. The van der Waals surface area contributed by atoms with Crippen LogP contribution in [0.4, 0.5) is 10.6 Å². The summed E-state index contributed by atoms with van der Waals surface area (Å²) < 4.78 is 0. The van der Waals surface area contributed by atoms with Crippen LogP contribution in [-0.4, -0.2) is 41.7 Å². The molecule has 1 aromatic rings. The van der Waals surface area contributed by atoms with E-state index in [4.69, 9.17) is 5.11 Å². The summed E-state index contributed by atoms with van der Waals surface area (Å²) >= 11 is 0. The third-order valence-corrected chi connectivity index (χ3v) is 2.48. The van der Waals surface area contributed by atoms with E-state index in [1.54, 1.807) is 6.20 Å². The lowest BCUT2D eigenvalue weighted by molar-refractivity contribution is -0.136. The first-order chi connectivity index (χ1) is 9.68. The van der Waals surface area contributed by atoms with Crippen LogP contribution in [0.1, 0.15) is 19.3 Å². The summed E-state index contributed by atoms with van der Waals surface area (Å²) in [5.41, 5.74) is 0. The fourth-order valence-corrected chi connectivity index (χ4v) is 1.48. The number of unbranched alkanes of at least 4 members (excludes halogenated alkanes) is 1. The van der Waals surface area contributed by atoms with E-state index in [0.717, 1.165) is 25.2 Å². The minimum atomic E-state index is -0.925. The molecule has 7 heteroatoms. The van der Waals surface area contributed by atoms with E-state index >= 15 is 0 Å². The lowest BCUT2D eigenvalue weighted by Crippen LogP contribution is -2.37. The van der Waals surface area contributed by atoms with Gasteiger partial charge in [0, 0.05) is 25.8 Å². The van der Waals surface area contributed by atoms with Crippen LogP contribution in [0.3, 0.4) is 0 Å². The molecule has 7 nitrogen and oxygen atoms in total. The summed E-state index contributed by atoms with van der Waals surface area (Å²) in [6, 6.07) is 5.34. The van der Waals surface area contributed by atoms with E-state index in [1.807, 2.05) is 18.2 Å². The van der Waals surface area contributed by atoms with Crippen LogP contribution in [0.2, 0.25) is 0 Å². The van der Waals surface area contributed by atoms with E-state index in [9.17, 15) is 9.59 Å². The molecule has 0 unspecified atom stereocenters. The average Bonchev–Trinajstić information content (AvgIpc) is 2.43. The third-order valence-electron chi connectivity index (χ3n) is 2.48. The minimum absolute atomic E-state index is 0.0680. The number of hydrogen-bond acceptors (Lipinski definition) is 4. The highest BCUT2D eigenvalue weighted by molar-refractivity contribution is 5.74. The van der Waals surface area contributed by atoms with Crippen LogP contribution >= 0.6 is 0 Å². The molecule has 0 aliphatic heterocycles. The topological polar surface area (TPSA) is 103 Å². The van der Waals surface area contributed by atoms with Crippen LogP contribution in [0, 0.1) is 0 Å². The van der Waals surface area contributed by atoms with E-state index in [-0.39, 0.29) is 19.0 Å². The number of nitrogens with one attached hydrogen (secondary N) is 3. The van der Waals surface area contributed by atoms with Crippen molar-refractivity contribution in [3.63, 3.8) is 0 Å². The first-order valence-corrected chi connectivity index (χ1v) is 6.57. The predicted octanol–water partition coefficient (Wildman–Crippen LogP) is 1.05. The second-order valence-electron chi connectivity index (χ2n) is 4.18. The van der Waals surface area contributed by atoms with E-state index in [2.05, 4.69) is 20.9 Å². The lowest BCUT2D eigenvalue weighted by atomic mass is 10.3. The predicted molar refractivity (Wildman–Crippen MR) is 75.6 cm³/mol. The first-order valence-electron chi connectivity index (χ1n) is 6.57. The molecule has 20 heavy (non-hydrogen) atoms. The monoisotopic (exact) mass is 280 g/mol. The zero-order valence-corrected chi connectivity index (χ0v) is 11.3. The maximum atomic E-state index is 11.2. The number of carboxylic acid groups (broad SMARTS) is 1. The highest BCUT2D eigenvalue weighted by atomic mass is 16.4. The third kappa shape index (κ3) is 7.91. The van der Waals surface area contributed by atoms with Gasteiger partial charge in [-0.25, -0.2) is 9.78 Å². The van der Waals surface area contributed by atoms with Crippen LogP contribution in [0.15, 0.2) is 24.4 Å². The molecule has 0 saturated heterocycles. The van der Waals surface area contributed by atoms with E-state index in [0.29, 0.717) is 6.54 Å². The van der Waals surface area contributed by atoms with Crippen LogP contribution in [-0.2, 0) is 4.79 Å². The summed E-state index contributed by atoms with van der Waals surface area (Å²) in [5.74, 6) is -0.0854. The number of urea groups is 1. The molecule has 4 N–H and O–H groups in total. The highest BCUT2D eigenvalue weighted by Crippen LogP contribution is 1.99. The number of pyridine rings is 1. The van der Waals surface area contributed by atoms with Crippen molar-refractivity contribution < 1.29 is 14.7 Å². The SMILES string of the molecule is O=C(O)CCNC(=O)NCCCCNc1ccccn1. The molecule has 1 rings (SSSR count). The lowest BCUT2D eigenvalue weighted by Gasteiger charge is -2.07. The molecule has 110 valence electrons. The fraction of sp³-hybridized carbons (Fsp3) is 0.462. The number of aromatic nitrogens is 1. The van der Waals surface area contributed by atoms with Crippen molar-refractivity contribution >= 4 is 17.8 Å². The van der Waals surface area contributed by atoms with Crippen molar-refractivity contribution in [3.8, 4) is 0 Å². The molecule has 2 amide bonds. The number of nitrogens with zero attached hydrogens (tertiary/aromatic N) is 1. The van der Waals surface area contributed by atoms with Gasteiger partial charge in [-0.05, 0) is 25.0 Å². The van der Waals surface area contributed by atoms with Gasteiger partial charge in [0.1, 0.15) is 5.82 Å². The molecule has 0 atom stereocenters. The molecule has 0 aliphatic rings. The van der Waals surface area contributed by atoms with Crippen molar-refractivity contribution in [2.24, 2.45) is 0 Å². The summed E-state index contributed by atoms with van der Waals surface area (Å²) in [6.45, 7) is 1.49. The second kappa shape index (κ2) is 9.60. The Morgan fingerprint density at radius 2 is 1.85 bits per heavy atom. The normalized spacial score (nSPS) is 9.80. The van der Waals surface area contributed by atoms with Crippen molar-refractivity contribution in [1.29, 1.82) is 0 Å². The van der Waals surface area contributed by atoms with Gasteiger partial charge in [0.05, 0.1) is 6.42 Å². The summed E-state index contributed by atoms with van der Waals surface area (Å²) in [7, 11) is 0. The molecule has 0 aliphatic carbocycles. The van der Waals surface area contributed by atoms with Crippen molar-refractivity contribution in [3.05, 3.63) is 24.4 Å². The highest BCUT2D eigenvalue weighted by Gasteiger charge is 2.01. The smallest absolute Gasteiger partial charge is 0.314 e. The van der Waals surface area contributed by atoms with Gasteiger partial charge < -0.3 is 21.1 Å². The van der Waals surface area contributed by atoms with Crippen LogP contribution < -0.4 is 16.0 Å². The zero-order chi connectivity index (χ0) is 14.6. The quantitative estimate of drug-likeness (QED) is 0.506. The maximum Gasteiger partial charge on any atom is 0.314 e. The Morgan fingerprint density at radius 1 is 1.10 bits per heavy atom. The Bertz CT molecular complexity index is 411. The van der Waals surface area contributed by atoms with Crippen LogP contribution in [0.25, 0.3) is 0 Å². The summed E-state index contributed by atoms with van der Waals surface area (Å²) in [4.78, 5) is 25.6. The molecule has 0 aromatic carbocycles. The summed E-state index contributed by atoms with van der Waals surface area (Å²) in [6.07, 6.45) is 3.41. The Balaban J connectivity index is 1.94. The largest absolute Gasteiger partial charge is 0.481 e. The van der Waals surface area contributed by atoms with Gasteiger partial charge in [-0.2, -0.15) is 0 Å². The molecule has 0 spiro atoms. The molecule has 1 aromatic heterocycles. The molecule has 0 radical (unpaired) electrons. The number of carbonyl (C=O) groups excluding carboxylic acids is 1. The zero-order valence-electron chi connectivity index (χ0n) is 11.3.